The molecule has 0 atom stereocenters. The van der Waals surface area contributed by atoms with Gasteiger partial charge in [0.2, 0.25) is 0 Å². The van der Waals surface area contributed by atoms with E-state index in [-0.39, 0.29) is 0 Å². The molecule has 2 heterocycles. The number of carbonyl (C=O) groups is 1. The number of hydrogen-bond donors (Lipinski definition) is 2. The molecule has 8 heteroatoms. The maximum atomic E-state index is 10.3. The Hall–Kier alpha value is -3.68. The molecule has 0 aliphatic carbocycles. The summed E-state index contributed by atoms with van der Waals surface area (Å²) in [6, 6.07) is 16.9. The fourth-order valence-corrected chi connectivity index (χ4v) is 2.58. The predicted molar refractivity (Wildman–Crippen MR) is 123 cm³/mol. The number of aromatic nitrogens is 3. The highest BCUT2D eigenvalue weighted by Crippen LogP contribution is 2.11. The molecule has 3 N–H and O–H groups in total. The summed E-state index contributed by atoms with van der Waals surface area (Å²) in [5.41, 5.74) is 7.36. The van der Waals surface area contributed by atoms with Gasteiger partial charge in [-0.05, 0) is 55.5 Å². The fourth-order valence-electron chi connectivity index (χ4n) is 2.58. The van der Waals surface area contributed by atoms with Gasteiger partial charge in [0.25, 0.3) is 0 Å². The van der Waals surface area contributed by atoms with Crippen molar-refractivity contribution in [1.29, 1.82) is 0 Å². The van der Waals surface area contributed by atoms with Crippen LogP contribution in [-0.4, -0.2) is 55.2 Å². The molecule has 0 aliphatic rings. The zero-order chi connectivity index (χ0) is 21.8. The number of hydrogen-bond acceptors (Lipinski definition) is 8. The predicted octanol–water partition coefficient (Wildman–Crippen LogP) is 2.96. The maximum Gasteiger partial charge on any atom is 0.151 e. The van der Waals surface area contributed by atoms with E-state index in [0.717, 1.165) is 48.8 Å². The molecule has 3 aromatic rings. The number of likely N-dealkylation sites (N-methyl/N-ethyl adjacent to an activating group) is 1. The Morgan fingerprint density at radius 1 is 1.03 bits per heavy atom. The van der Waals surface area contributed by atoms with Crippen LogP contribution in [0.3, 0.4) is 0 Å². The Labute approximate surface area is 177 Å². The van der Waals surface area contributed by atoms with Crippen molar-refractivity contribution in [3.63, 3.8) is 0 Å². The zero-order valence-electron chi connectivity index (χ0n) is 17.7. The lowest BCUT2D eigenvalue weighted by molar-refractivity contribution is 0.112. The molecule has 0 saturated heterocycles. The van der Waals surface area contributed by atoms with E-state index in [2.05, 4.69) is 32.3 Å². The van der Waals surface area contributed by atoms with Gasteiger partial charge in [0.1, 0.15) is 17.9 Å². The number of rotatable bonds is 8. The smallest absolute Gasteiger partial charge is 0.151 e. The number of benzene rings is 1. The molecule has 0 radical (unpaired) electrons. The SMILES string of the molecule is CCN(CCNc1ccccn1)c1ccc(N)nn1.CN(C)c1ccc(C=O)cc1. The van der Waals surface area contributed by atoms with Crippen molar-refractivity contribution >= 4 is 29.4 Å². The molecule has 30 heavy (non-hydrogen) atoms. The van der Waals surface area contributed by atoms with Crippen LogP contribution in [0, 0.1) is 0 Å². The molecule has 0 spiro atoms. The van der Waals surface area contributed by atoms with Crippen LogP contribution < -0.4 is 20.9 Å². The minimum atomic E-state index is 0.436. The van der Waals surface area contributed by atoms with Crippen molar-refractivity contribution < 1.29 is 4.79 Å². The van der Waals surface area contributed by atoms with Gasteiger partial charge in [-0.25, -0.2) is 4.98 Å². The summed E-state index contributed by atoms with van der Waals surface area (Å²) in [5.74, 6) is 2.15. The number of nitrogens with zero attached hydrogens (tertiary/aromatic N) is 5. The van der Waals surface area contributed by atoms with Crippen molar-refractivity contribution in [3.8, 4) is 0 Å². The summed E-state index contributed by atoms with van der Waals surface area (Å²) < 4.78 is 0. The van der Waals surface area contributed by atoms with E-state index in [1.165, 1.54) is 0 Å². The topological polar surface area (TPSA) is 100 Å². The lowest BCUT2D eigenvalue weighted by Crippen LogP contribution is -2.29. The van der Waals surface area contributed by atoms with Crippen LogP contribution in [0.5, 0.6) is 0 Å². The normalized spacial score (nSPS) is 9.83. The lowest BCUT2D eigenvalue weighted by atomic mass is 10.2. The monoisotopic (exact) mass is 407 g/mol. The first-order chi connectivity index (χ1) is 14.5. The summed E-state index contributed by atoms with van der Waals surface area (Å²) in [7, 11) is 3.94. The van der Waals surface area contributed by atoms with Crippen LogP contribution in [0.1, 0.15) is 17.3 Å². The van der Waals surface area contributed by atoms with Gasteiger partial charge >= 0.3 is 0 Å². The van der Waals surface area contributed by atoms with Gasteiger partial charge in [-0.3, -0.25) is 4.79 Å². The summed E-state index contributed by atoms with van der Waals surface area (Å²) in [4.78, 5) is 18.6. The van der Waals surface area contributed by atoms with Crippen molar-refractivity contribution in [1.82, 2.24) is 15.2 Å². The highest BCUT2D eigenvalue weighted by Gasteiger charge is 2.05. The number of pyridine rings is 1. The molecule has 1 aromatic carbocycles. The van der Waals surface area contributed by atoms with E-state index in [0.29, 0.717) is 5.82 Å². The number of nitrogen functional groups attached to an aromatic ring is 1. The van der Waals surface area contributed by atoms with E-state index in [9.17, 15) is 4.79 Å². The van der Waals surface area contributed by atoms with Crippen molar-refractivity contribution in [2.75, 3.05) is 54.6 Å². The van der Waals surface area contributed by atoms with Crippen LogP contribution in [0.25, 0.3) is 0 Å². The third kappa shape index (κ3) is 7.38. The second-order valence-corrected chi connectivity index (χ2v) is 6.64. The second-order valence-electron chi connectivity index (χ2n) is 6.64. The Morgan fingerprint density at radius 3 is 2.33 bits per heavy atom. The van der Waals surface area contributed by atoms with Crippen LogP contribution in [0.2, 0.25) is 0 Å². The number of nitrogens with two attached hydrogens (primary N) is 1. The van der Waals surface area contributed by atoms with Crippen molar-refractivity contribution in [2.45, 2.75) is 6.92 Å². The van der Waals surface area contributed by atoms with Gasteiger partial charge in [-0.15, -0.1) is 10.2 Å². The Kier molecular flexibility index (Phi) is 9.05. The van der Waals surface area contributed by atoms with Crippen molar-refractivity contribution in [3.05, 3.63) is 66.4 Å². The number of nitrogens with one attached hydrogen (secondary N) is 1. The Morgan fingerprint density at radius 2 is 1.80 bits per heavy atom. The average molecular weight is 408 g/mol. The number of anilines is 4. The average Bonchev–Trinajstić information content (AvgIpc) is 2.79. The van der Waals surface area contributed by atoms with Crippen LogP contribution in [-0.2, 0) is 0 Å². The molecule has 158 valence electrons. The summed E-state index contributed by atoms with van der Waals surface area (Å²) in [5, 5.41) is 11.2. The molecule has 0 aliphatic heterocycles. The minimum Gasteiger partial charge on any atom is -0.382 e. The van der Waals surface area contributed by atoms with E-state index in [1.54, 1.807) is 12.3 Å². The van der Waals surface area contributed by atoms with Gasteiger partial charge in [0, 0.05) is 51.2 Å². The van der Waals surface area contributed by atoms with Gasteiger partial charge in [-0.1, -0.05) is 6.07 Å². The van der Waals surface area contributed by atoms with Crippen molar-refractivity contribution in [2.24, 2.45) is 0 Å². The molecular formula is C22H29N7O. The first-order valence-electron chi connectivity index (χ1n) is 9.75. The molecule has 8 nitrogen and oxygen atoms in total. The zero-order valence-corrected chi connectivity index (χ0v) is 17.7. The standard InChI is InChI=1S/C13H18N6.C9H11NO/c1-2-19(13-7-6-11(14)17-18-13)10-9-16-12-5-3-4-8-15-12;1-10(2)9-5-3-8(7-11)4-6-9/h3-8H,2,9-10H2,1H3,(H2,14,17)(H,15,16);3-7H,1-2H3. The fraction of sp³-hybridized carbons (Fsp3) is 0.273. The summed E-state index contributed by atoms with van der Waals surface area (Å²) >= 11 is 0. The molecule has 0 fully saturated rings. The maximum absolute atomic E-state index is 10.3. The second kappa shape index (κ2) is 12.0. The van der Waals surface area contributed by atoms with E-state index in [1.807, 2.05) is 67.5 Å². The molecule has 3 rings (SSSR count). The molecule has 0 bridgehead atoms. The van der Waals surface area contributed by atoms with E-state index < -0.39 is 0 Å². The summed E-state index contributed by atoms with van der Waals surface area (Å²) in [6.07, 6.45) is 2.62. The third-order valence-corrected chi connectivity index (χ3v) is 4.28. The van der Waals surface area contributed by atoms with Crippen LogP contribution in [0.4, 0.5) is 23.1 Å². The molecular weight excluding hydrogens is 378 g/mol. The molecule has 0 saturated carbocycles. The lowest BCUT2D eigenvalue weighted by Gasteiger charge is -2.21. The first-order valence-corrected chi connectivity index (χ1v) is 9.75. The molecule has 0 unspecified atom stereocenters. The largest absolute Gasteiger partial charge is 0.382 e. The molecule has 0 amide bonds. The quantitative estimate of drug-likeness (QED) is 0.550. The Balaban J connectivity index is 0.000000248. The highest BCUT2D eigenvalue weighted by atomic mass is 16.1. The first kappa shape index (κ1) is 22.6. The number of carbonyl (C=O) groups excluding carboxylic acids is 1. The van der Waals surface area contributed by atoms with Gasteiger partial charge in [-0.2, -0.15) is 0 Å². The van der Waals surface area contributed by atoms with Crippen LogP contribution in [0.15, 0.2) is 60.8 Å². The minimum absolute atomic E-state index is 0.436. The molecule has 2 aromatic heterocycles. The third-order valence-electron chi connectivity index (χ3n) is 4.28. The van der Waals surface area contributed by atoms with E-state index in [4.69, 9.17) is 5.73 Å². The highest BCUT2D eigenvalue weighted by molar-refractivity contribution is 5.75. The summed E-state index contributed by atoms with van der Waals surface area (Å²) in [6.45, 7) is 4.56. The van der Waals surface area contributed by atoms with Crippen LogP contribution >= 0.6 is 0 Å². The van der Waals surface area contributed by atoms with E-state index >= 15 is 0 Å². The van der Waals surface area contributed by atoms with Gasteiger partial charge in [0.15, 0.2) is 5.82 Å². The number of aldehydes is 1. The Bertz CT molecular complexity index is 868. The van der Waals surface area contributed by atoms with Gasteiger partial charge < -0.3 is 20.9 Å². The van der Waals surface area contributed by atoms with Gasteiger partial charge in [0.05, 0.1) is 0 Å².